The molecule has 21 heavy (non-hydrogen) atoms. The van der Waals surface area contributed by atoms with Gasteiger partial charge in [-0.3, -0.25) is 4.90 Å². The van der Waals surface area contributed by atoms with Gasteiger partial charge in [-0.25, -0.2) is 4.68 Å². The molecule has 0 radical (unpaired) electrons. The lowest BCUT2D eigenvalue weighted by molar-refractivity contribution is 0.0451. The first-order valence-electron chi connectivity index (χ1n) is 8.60. The molecule has 2 saturated carbocycles. The maximum Gasteiger partial charge on any atom is 0.198 e. The van der Waals surface area contributed by atoms with Crippen molar-refractivity contribution in [3.8, 4) is 0 Å². The van der Waals surface area contributed by atoms with Crippen LogP contribution in [0, 0.1) is 4.77 Å². The SMILES string of the molecule is Cn1cnn(CN(C2CCCCC2)C2CCCCC2)c1=S. The van der Waals surface area contributed by atoms with E-state index in [2.05, 4.69) is 10.00 Å². The molecular weight excluding hydrogens is 280 g/mol. The normalized spacial score (nSPS) is 22.0. The van der Waals surface area contributed by atoms with Gasteiger partial charge < -0.3 is 4.57 Å². The molecule has 2 aliphatic carbocycles. The third-order valence-corrected chi connectivity index (χ3v) is 5.77. The quantitative estimate of drug-likeness (QED) is 0.790. The lowest BCUT2D eigenvalue weighted by atomic mass is 9.89. The van der Waals surface area contributed by atoms with Crippen molar-refractivity contribution in [3.63, 3.8) is 0 Å². The molecule has 0 amide bonds. The average Bonchev–Trinajstić information content (AvgIpc) is 2.86. The van der Waals surface area contributed by atoms with E-state index in [4.69, 9.17) is 12.2 Å². The standard InChI is InChI=1S/C16H28N4S/c1-18-12-17-20(16(18)21)13-19(14-8-4-2-5-9-14)15-10-6-3-7-11-15/h12,14-15H,2-11,13H2,1H3. The highest BCUT2D eigenvalue weighted by Crippen LogP contribution is 2.30. The van der Waals surface area contributed by atoms with Gasteiger partial charge in [-0.05, 0) is 37.9 Å². The summed E-state index contributed by atoms with van der Waals surface area (Å²) >= 11 is 5.48. The molecule has 3 rings (SSSR count). The number of hydrogen-bond acceptors (Lipinski definition) is 3. The highest BCUT2D eigenvalue weighted by atomic mass is 32.1. The van der Waals surface area contributed by atoms with Crippen molar-refractivity contribution in [1.82, 2.24) is 19.2 Å². The third kappa shape index (κ3) is 3.57. The molecule has 4 nitrogen and oxygen atoms in total. The number of hydrogen-bond donors (Lipinski definition) is 0. The van der Waals surface area contributed by atoms with Crippen LogP contribution in [0.25, 0.3) is 0 Å². The summed E-state index contributed by atoms with van der Waals surface area (Å²) in [6.45, 7) is 0.884. The summed E-state index contributed by atoms with van der Waals surface area (Å²) in [6, 6.07) is 1.48. The second-order valence-electron chi connectivity index (χ2n) is 6.76. The van der Waals surface area contributed by atoms with Gasteiger partial charge in [0.15, 0.2) is 4.77 Å². The van der Waals surface area contributed by atoms with E-state index < -0.39 is 0 Å². The van der Waals surface area contributed by atoms with E-state index in [1.165, 1.54) is 64.2 Å². The van der Waals surface area contributed by atoms with Gasteiger partial charge in [0.1, 0.15) is 6.33 Å². The minimum atomic E-state index is 0.741. The van der Waals surface area contributed by atoms with Gasteiger partial charge in [0.25, 0.3) is 0 Å². The van der Waals surface area contributed by atoms with E-state index in [0.717, 1.165) is 23.5 Å². The summed E-state index contributed by atoms with van der Waals surface area (Å²) in [5, 5.41) is 4.48. The van der Waals surface area contributed by atoms with Crippen LogP contribution in [-0.2, 0) is 13.7 Å². The van der Waals surface area contributed by atoms with Crippen LogP contribution in [0.15, 0.2) is 6.33 Å². The van der Waals surface area contributed by atoms with Crippen molar-refractivity contribution in [3.05, 3.63) is 11.1 Å². The Bertz CT molecular complexity index is 477. The molecule has 0 atom stereocenters. The maximum atomic E-state index is 5.48. The van der Waals surface area contributed by atoms with E-state index in [-0.39, 0.29) is 0 Å². The molecule has 0 aliphatic heterocycles. The monoisotopic (exact) mass is 308 g/mol. The van der Waals surface area contributed by atoms with Crippen LogP contribution in [0.1, 0.15) is 64.2 Å². The third-order valence-electron chi connectivity index (χ3n) is 5.27. The Labute approximate surface area is 133 Å². The molecule has 2 fully saturated rings. The van der Waals surface area contributed by atoms with E-state index in [1.807, 2.05) is 22.6 Å². The molecule has 1 aromatic rings. The van der Waals surface area contributed by atoms with Gasteiger partial charge >= 0.3 is 0 Å². The van der Waals surface area contributed by atoms with Crippen LogP contribution in [0.2, 0.25) is 0 Å². The molecule has 0 saturated heterocycles. The van der Waals surface area contributed by atoms with Gasteiger partial charge in [0.05, 0.1) is 6.67 Å². The Hall–Kier alpha value is -0.680. The van der Waals surface area contributed by atoms with Crippen molar-refractivity contribution in [1.29, 1.82) is 0 Å². The van der Waals surface area contributed by atoms with Gasteiger partial charge in [-0.1, -0.05) is 38.5 Å². The van der Waals surface area contributed by atoms with Crippen LogP contribution in [0.3, 0.4) is 0 Å². The summed E-state index contributed by atoms with van der Waals surface area (Å²) < 4.78 is 4.79. The minimum Gasteiger partial charge on any atom is -0.310 e. The smallest absolute Gasteiger partial charge is 0.198 e. The van der Waals surface area contributed by atoms with Crippen molar-refractivity contribution < 1.29 is 0 Å². The highest BCUT2D eigenvalue weighted by Gasteiger charge is 2.29. The molecule has 1 aromatic heterocycles. The van der Waals surface area contributed by atoms with E-state index in [0.29, 0.717) is 0 Å². The molecule has 1 heterocycles. The molecular formula is C16H28N4S. The minimum absolute atomic E-state index is 0.741. The zero-order valence-electron chi connectivity index (χ0n) is 13.2. The summed E-state index contributed by atoms with van der Waals surface area (Å²) in [5.41, 5.74) is 0. The number of nitrogens with zero attached hydrogens (tertiary/aromatic N) is 4. The first kappa shape index (κ1) is 15.2. The van der Waals surface area contributed by atoms with E-state index in [1.54, 1.807) is 0 Å². The van der Waals surface area contributed by atoms with Gasteiger partial charge in [-0.2, -0.15) is 5.10 Å². The van der Waals surface area contributed by atoms with E-state index >= 15 is 0 Å². The predicted octanol–water partition coefficient (Wildman–Crippen LogP) is 3.88. The molecule has 0 spiro atoms. The topological polar surface area (TPSA) is 26.0 Å². The Morgan fingerprint density at radius 1 is 1.05 bits per heavy atom. The van der Waals surface area contributed by atoms with Crippen molar-refractivity contribution >= 4 is 12.2 Å². The van der Waals surface area contributed by atoms with Gasteiger partial charge in [-0.15, -0.1) is 0 Å². The second-order valence-corrected chi connectivity index (χ2v) is 7.13. The zero-order chi connectivity index (χ0) is 14.7. The number of rotatable bonds is 4. The fourth-order valence-electron chi connectivity index (χ4n) is 4.03. The predicted molar refractivity (Wildman–Crippen MR) is 87.6 cm³/mol. The van der Waals surface area contributed by atoms with Crippen LogP contribution < -0.4 is 0 Å². The van der Waals surface area contributed by atoms with E-state index in [9.17, 15) is 0 Å². The Balaban J connectivity index is 1.77. The summed E-state index contributed by atoms with van der Waals surface area (Å²) in [7, 11) is 1.98. The summed E-state index contributed by atoms with van der Waals surface area (Å²) in [5.74, 6) is 0. The van der Waals surface area contributed by atoms with Crippen LogP contribution in [-0.4, -0.2) is 31.3 Å². The Kier molecular flexibility index (Phi) is 5.11. The number of aryl methyl sites for hydroxylation is 1. The molecule has 0 aromatic carbocycles. The largest absolute Gasteiger partial charge is 0.310 e. The molecule has 0 bridgehead atoms. The lowest BCUT2D eigenvalue weighted by Crippen LogP contribution is -2.46. The molecule has 118 valence electrons. The van der Waals surface area contributed by atoms with Gasteiger partial charge in [0, 0.05) is 19.1 Å². The molecule has 5 heteroatoms. The highest BCUT2D eigenvalue weighted by molar-refractivity contribution is 7.71. The van der Waals surface area contributed by atoms with Crippen LogP contribution in [0.5, 0.6) is 0 Å². The van der Waals surface area contributed by atoms with Crippen LogP contribution >= 0.6 is 12.2 Å². The van der Waals surface area contributed by atoms with Gasteiger partial charge in [0.2, 0.25) is 0 Å². The average molecular weight is 308 g/mol. The Morgan fingerprint density at radius 2 is 1.57 bits per heavy atom. The summed E-state index contributed by atoms with van der Waals surface area (Å²) in [6.07, 6.45) is 15.7. The molecule has 0 N–H and O–H groups in total. The lowest BCUT2D eigenvalue weighted by Gasteiger charge is -2.41. The van der Waals surface area contributed by atoms with Crippen LogP contribution in [0.4, 0.5) is 0 Å². The molecule has 2 aliphatic rings. The second kappa shape index (κ2) is 7.05. The zero-order valence-corrected chi connectivity index (χ0v) is 14.0. The molecule has 0 unspecified atom stereocenters. The maximum absolute atomic E-state index is 5.48. The summed E-state index contributed by atoms with van der Waals surface area (Å²) in [4.78, 5) is 2.74. The fraction of sp³-hybridized carbons (Fsp3) is 0.875. The van der Waals surface area contributed by atoms with Crippen molar-refractivity contribution in [2.24, 2.45) is 7.05 Å². The fourth-order valence-corrected chi connectivity index (χ4v) is 4.18. The van der Waals surface area contributed by atoms with Crippen molar-refractivity contribution in [2.75, 3.05) is 0 Å². The first-order valence-corrected chi connectivity index (χ1v) is 9.01. The Morgan fingerprint density at radius 3 is 2.00 bits per heavy atom. The van der Waals surface area contributed by atoms with Crippen molar-refractivity contribution in [2.45, 2.75) is 83.0 Å². The number of aromatic nitrogens is 3. The first-order chi connectivity index (χ1) is 10.3.